The first kappa shape index (κ1) is 13.2. The molecule has 20 heavy (non-hydrogen) atoms. The zero-order chi connectivity index (χ0) is 13.8. The summed E-state index contributed by atoms with van der Waals surface area (Å²) in [4.78, 5) is 4.51. The molecule has 0 bridgehead atoms. The van der Waals surface area contributed by atoms with Crippen LogP contribution in [0.15, 0.2) is 36.7 Å². The smallest absolute Gasteiger partial charge is 0.207 e. The van der Waals surface area contributed by atoms with Gasteiger partial charge in [0.2, 0.25) is 5.95 Å². The highest BCUT2D eigenvalue weighted by molar-refractivity contribution is 5.58. The molecule has 0 unspecified atom stereocenters. The van der Waals surface area contributed by atoms with Crippen molar-refractivity contribution in [2.75, 3.05) is 5.32 Å². The van der Waals surface area contributed by atoms with E-state index in [1.54, 1.807) is 0 Å². The minimum Gasteiger partial charge on any atom is -0.325 e. The van der Waals surface area contributed by atoms with Crippen LogP contribution in [-0.2, 0) is 6.42 Å². The van der Waals surface area contributed by atoms with E-state index in [2.05, 4.69) is 52.3 Å². The summed E-state index contributed by atoms with van der Waals surface area (Å²) in [6.07, 6.45) is 11.7. The Morgan fingerprint density at radius 1 is 1.20 bits per heavy atom. The van der Waals surface area contributed by atoms with E-state index in [4.69, 9.17) is 0 Å². The SMILES string of the molecule is CCc1ccccc1Nc1nccn1C1CCCCC1. The van der Waals surface area contributed by atoms with Crippen molar-refractivity contribution >= 4 is 11.6 Å². The van der Waals surface area contributed by atoms with E-state index < -0.39 is 0 Å². The standard InChI is InChI=1S/C17H23N3/c1-2-14-8-6-7-11-16(14)19-17-18-12-13-20(17)15-9-4-3-5-10-15/h6-8,11-13,15H,2-5,9-10H2,1H3,(H,18,19). The third kappa shape index (κ3) is 2.72. The molecule has 0 radical (unpaired) electrons. The molecule has 1 fully saturated rings. The molecule has 1 aromatic heterocycles. The number of rotatable bonds is 4. The van der Waals surface area contributed by atoms with Crippen LogP contribution in [0.1, 0.15) is 50.6 Å². The van der Waals surface area contributed by atoms with Crippen molar-refractivity contribution in [3.05, 3.63) is 42.2 Å². The Hall–Kier alpha value is -1.77. The Morgan fingerprint density at radius 2 is 2.00 bits per heavy atom. The number of aryl methyl sites for hydroxylation is 1. The summed E-state index contributed by atoms with van der Waals surface area (Å²) in [5.41, 5.74) is 2.52. The third-order valence-electron chi connectivity index (χ3n) is 4.28. The lowest BCUT2D eigenvalue weighted by Gasteiger charge is -2.25. The van der Waals surface area contributed by atoms with E-state index in [9.17, 15) is 0 Å². The molecule has 1 aliphatic carbocycles. The van der Waals surface area contributed by atoms with Gasteiger partial charge in [-0.05, 0) is 30.9 Å². The molecule has 0 saturated heterocycles. The first-order chi connectivity index (χ1) is 9.88. The highest BCUT2D eigenvalue weighted by atomic mass is 15.2. The zero-order valence-corrected chi connectivity index (χ0v) is 12.2. The number of nitrogens with zero attached hydrogens (tertiary/aromatic N) is 2. The summed E-state index contributed by atoms with van der Waals surface area (Å²) in [6.45, 7) is 2.19. The molecule has 0 atom stereocenters. The van der Waals surface area contributed by atoms with Crippen molar-refractivity contribution in [3.63, 3.8) is 0 Å². The Morgan fingerprint density at radius 3 is 2.80 bits per heavy atom. The van der Waals surface area contributed by atoms with Gasteiger partial charge >= 0.3 is 0 Å². The number of hydrogen-bond acceptors (Lipinski definition) is 2. The van der Waals surface area contributed by atoms with Crippen molar-refractivity contribution in [1.82, 2.24) is 9.55 Å². The fraction of sp³-hybridized carbons (Fsp3) is 0.471. The van der Waals surface area contributed by atoms with Gasteiger partial charge < -0.3 is 9.88 Å². The first-order valence-corrected chi connectivity index (χ1v) is 7.76. The van der Waals surface area contributed by atoms with Crippen LogP contribution in [0.5, 0.6) is 0 Å². The highest BCUT2D eigenvalue weighted by Gasteiger charge is 2.18. The van der Waals surface area contributed by atoms with Gasteiger partial charge in [0.05, 0.1) is 0 Å². The summed E-state index contributed by atoms with van der Waals surface area (Å²) >= 11 is 0. The minimum absolute atomic E-state index is 0.613. The molecule has 1 saturated carbocycles. The average Bonchev–Trinajstić information content (AvgIpc) is 2.97. The van der Waals surface area contributed by atoms with Crippen LogP contribution in [0.4, 0.5) is 11.6 Å². The van der Waals surface area contributed by atoms with Crippen LogP contribution in [-0.4, -0.2) is 9.55 Å². The van der Waals surface area contributed by atoms with Gasteiger partial charge in [-0.1, -0.05) is 44.4 Å². The fourth-order valence-corrected chi connectivity index (χ4v) is 3.13. The van der Waals surface area contributed by atoms with E-state index in [1.807, 2.05) is 6.20 Å². The van der Waals surface area contributed by atoms with Gasteiger partial charge in [0.15, 0.2) is 0 Å². The summed E-state index contributed by atoms with van der Waals surface area (Å²) in [5.74, 6) is 0.984. The molecule has 1 heterocycles. The number of anilines is 2. The summed E-state index contributed by atoms with van der Waals surface area (Å²) in [7, 11) is 0. The molecule has 3 heteroatoms. The lowest BCUT2D eigenvalue weighted by atomic mass is 9.95. The quantitative estimate of drug-likeness (QED) is 0.872. The number of nitrogens with one attached hydrogen (secondary N) is 1. The monoisotopic (exact) mass is 269 g/mol. The second-order valence-electron chi connectivity index (χ2n) is 5.59. The maximum Gasteiger partial charge on any atom is 0.207 e. The maximum absolute atomic E-state index is 4.51. The van der Waals surface area contributed by atoms with Crippen molar-refractivity contribution in [2.45, 2.75) is 51.5 Å². The average molecular weight is 269 g/mol. The van der Waals surface area contributed by atoms with Crippen molar-refractivity contribution in [2.24, 2.45) is 0 Å². The molecular weight excluding hydrogens is 246 g/mol. The van der Waals surface area contributed by atoms with Crippen molar-refractivity contribution in [1.29, 1.82) is 0 Å². The van der Waals surface area contributed by atoms with Gasteiger partial charge in [0, 0.05) is 24.1 Å². The number of aromatic nitrogens is 2. The van der Waals surface area contributed by atoms with E-state index in [0.717, 1.165) is 12.4 Å². The predicted molar refractivity (Wildman–Crippen MR) is 83.5 cm³/mol. The van der Waals surface area contributed by atoms with E-state index in [1.165, 1.54) is 43.4 Å². The number of hydrogen-bond donors (Lipinski definition) is 1. The third-order valence-corrected chi connectivity index (χ3v) is 4.28. The van der Waals surface area contributed by atoms with Gasteiger partial charge in [-0.15, -0.1) is 0 Å². The zero-order valence-electron chi connectivity index (χ0n) is 12.2. The Balaban J connectivity index is 1.82. The summed E-state index contributed by atoms with van der Waals surface area (Å²) in [6, 6.07) is 9.10. The molecule has 3 nitrogen and oxygen atoms in total. The summed E-state index contributed by atoms with van der Waals surface area (Å²) < 4.78 is 2.33. The van der Waals surface area contributed by atoms with E-state index in [0.29, 0.717) is 6.04 Å². The van der Waals surface area contributed by atoms with E-state index >= 15 is 0 Å². The largest absolute Gasteiger partial charge is 0.325 e. The number of para-hydroxylation sites is 1. The van der Waals surface area contributed by atoms with Crippen LogP contribution in [0.2, 0.25) is 0 Å². The van der Waals surface area contributed by atoms with Crippen LogP contribution in [0.3, 0.4) is 0 Å². The Bertz CT molecular complexity index is 553. The lowest BCUT2D eigenvalue weighted by molar-refractivity contribution is 0.356. The summed E-state index contributed by atoms with van der Waals surface area (Å²) in [5, 5.41) is 3.52. The van der Waals surface area contributed by atoms with Gasteiger partial charge in [-0.25, -0.2) is 4.98 Å². The van der Waals surface area contributed by atoms with Crippen molar-refractivity contribution < 1.29 is 0 Å². The molecule has 1 aliphatic rings. The van der Waals surface area contributed by atoms with Gasteiger partial charge in [0.25, 0.3) is 0 Å². The maximum atomic E-state index is 4.51. The molecule has 0 aliphatic heterocycles. The number of imidazole rings is 1. The number of benzene rings is 1. The molecule has 1 N–H and O–H groups in total. The predicted octanol–water partition coefficient (Wildman–Crippen LogP) is 4.69. The van der Waals surface area contributed by atoms with Crippen LogP contribution in [0.25, 0.3) is 0 Å². The van der Waals surface area contributed by atoms with Crippen LogP contribution in [0, 0.1) is 0 Å². The Labute approximate surface area is 121 Å². The highest BCUT2D eigenvalue weighted by Crippen LogP contribution is 2.31. The fourth-order valence-electron chi connectivity index (χ4n) is 3.13. The van der Waals surface area contributed by atoms with E-state index in [-0.39, 0.29) is 0 Å². The minimum atomic E-state index is 0.613. The Kier molecular flexibility index (Phi) is 4.05. The lowest BCUT2D eigenvalue weighted by Crippen LogP contribution is -2.14. The molecule has 3 rings (SSSR count). The molecule has 2 aromatic rings. The second kappa shape index (κ2) is 6.12. The van der Waals surface area contributed by atoms with Crippen LogP contribution < -0.4 is 5.32 Å². The second-order valence-corrected chi connectivity index (χ2v) is 5.59. The molecular formula is C17H23N3. The first-order valence-electron chi connectivity index (χ1n) is 7.76. The van der Waals surface area contributed by atoms with Crippen LogP contribution >= 0.6 is 0 Å². The van der Waals surface area contributed by atoms with Gasteiger partial charge in [0.1, 0.15) is 0 Å². The molecule has 0 amide bonds. The van der Waals surface area contributed by atoms with Gasteiger partial charge in [-0.3, -0.25) is 0 Å². The van der Waals surface area contributed by atoms with Crippen molar-refractivity contribution in [3.8, 4) is 0 Å². The topological polar surface area (TPSA) is 29.9 Å². The normalized spacial score (nSPS) is 16.2. The molecule has 1 aromatic carbocycles. The van der Waals surface area contributed by atoms with Gasteiger partial charge in [-0.2, -0.15) is 0 Å². The molecule has 106 valence electrons. The molecule has 0 spiro atoms.